The highest BCUT2D eigenvalue weighted by atomic mass is 16.5. The van der Waals surface area contributed by atoms with Gasteiger partial charge in [0.2, 0.25) is 0 Å². The molecule has 5 nitrogen and oxygen atoms in total. The summed E-state index contributed by atoms with van der Waals surface area (Å²) in [5.74, 6) is 0.181. The summed E-state index contributed by atoms with van der Waals surface area (Å²) < 4.78 is 6.80. The summed E-state index contributed by atoms with van der Waals surface area (Å²) in [5.41, 5.74) is 1.73. The maximum atomic E-state index is 12.1. The van der Waals surface area contributed by atoms with Crippen molar-refractivity contribution in [2.75, 3.05) is 6.61 Å². The molecular weight excluding hydrogens is 290 g/mol. The van der Waals surface area contributed by atoms with E-state index in [-0.39, 0.29) is 5.82 Å². The number of ether oxygens (including phenoxy) is 1. The molecule has 116 valence electrons. The Labute approximate surface area is 134 Å². The van der Waals surface area contributed by atoms with Gasteiger partial charge >= 0.3 is 5.97 Å². The van der Waals surface area contributed by atoms with Crippen LogP contribution < -0.4 is 0 Å². The fraction of sp³-hybridized carbons (Fsp3) is 0.167. The lowest BCUT2D eigenvalue weighted by molar-refractivity contribution is 0.0491. The summed E-state index contributed by atoms with van der Waals surface area (Å²) in [6.07, 6.45) is 0.761. The molecule has 0 aliphatic carbocycles. The summed E-state index contributed by atoms with van der Waals surface area (Å²) in [6, 6.07) is 19.3. The zero-order chi connectivity index (χ0) is 16.1. The summed E-state index contributed by atoms with van der Waals surface area (Å²) >= 11 is 0. The normalized spacial score (nSPS) is 10.5. The first-order chi connectivity index (χ1) is 11.3. The predicted molar refractivity (Wildman–Crippen MR) is 87.4 cm³/mol. The van der Waals surface area contributed by atoms with Crippen molar-refractivity contribution in [3.05, 3.63) is 66.5 Å². The summed E-state index contributed by atoms with van der Waals surface area (Å²) in [6.45, 7) is 2.30. The van der Waals surface area contributed by atoms with Crippen LogP contribution in [0.15, 0.2) is 60.7 Å². The Kier molecular flexibility index (Phi) is 4.47. The van der Waals surface area contributed by atoms with Gasteiger partial charge in [-0.2, -0.15) is 0 Å². The van der Waals surface area contributed by atoms with Gasteiger partial charge in [-0.05, 0) is 18.6 Å². The van der Waals surface area contributed by atoms with Crippen LogP contribution in [0.25, 0.3) is 17.1 Å². The van der Waals surface area contributed by atoms with Gasteiger partial charge in [0.15, 0.2) is 5.82 Å². The number of rotatable bonds is 5. The van der Waals surface area contributed by atoms with Gasteiger partial charge < -0.3 is 4.74 Å². The van der Waals surface area contributed by atoms with Crippen molar-refractivity contribution >= 4 is 5.97 Å². The van der Waals surface area contributed by atoms with Crippen molar-refractivity contribution in [2.24, 2.45) is 0 Å². The van der Waals surface area contributed by atoms with Crippen LogP contribution in [-0.2, 0) is 4.74 Å². The monoisotopic (exact) mass is 307 g/mol. The van der Waals surface area contributed by atoms with Gasteiger partial charge in [0.05, 0.1) is 12.3 Å². The molecule has 3 aromatic rings. The standard InChI is InChI=1S/C18H17N3O2/c1-2-13-23-18(22)16-19-17(14-9-5-3-6-10-14)21(20-16)15-11-7-4-8-12-15/h3-12H,2,13H2,1H3. The number of carbonyl (C=O) groups is 1. The lowest BCUT2D eigenvalue weighted by Gasteiger charge is -2.05. The predicted octanol–water partition coefficient (Wildman–Crippen LogP) is 3.50. The Morgan fingerprint density at radius 3 is 2.35 bits per heavy atom. The lowest BCUT2D eigenvalue weighted by atomic mass is 10.2. The lowest BCUT2D eigenvalue weighted by Crippen LogP contribution is -2.08. The molecule has 3 rings (SSSR count). The molecule has 1 heterocycles. The summed E-state index contributed by atoms with van der Waals surface area (Å²) in [4.78, 5) is 16.5. The fourth-order valence-corrected chi connectivity index (χ4v) is 2.18. The molecular formula is C18H17N3O2. The SMILES string of the molecule is CCCOC(=O)c1nc(-c2ccccc2)n(-c2ccccc2)n1. The second kappa shape index (κ2) is 6.87. The zero-order valence-electron chi connectivity index (χ0n) is 12.8. The molecule has 1 aromatic heterocycles. The molecule has 0 radical (unpaired) electrons. The van der Waals surface area contributed by atoms with Gasteiger partial charge in [-0.1, -0.05) is 55.5 Å². The van der Waals surface area contributed by atoms with Crippen LogP contribution in [0.2, 0.25) is 0 Å². The summed E-state index contributed by atoms with van der Waals surface area (Å²) in [5, 5.41) is 4.34. The number of hydrogen-bond acceptors (Lipinski definition) is 4. The van der Waals surface area contributed by atoms with Gasteiger partial charge in [-0.15, -0.1) is 5.10 Å². The molecule has 0 aliphatic heterocycles. The van der Waals surface area contributed by atoms with E-state index in [9.17, 15) is 4.79 Å². The van der Waals surface area contributed by atoms with Crippen LogP contribution in [-0.4, -0.2) is 27.3 Å². The van der Waals surface area contributed by atoms with Gasteiger partial charge in [-0.3, -0.25) is 0 Å². The van der Waals surface area contributed by atoms with Crippen LogP contribution in [0.5, 0.6) is 0 Å². The largest absolute Gasteiger partial charge is 0.460 e. The van der Waals surface area contributed by atoms with Crippen LogP contribution in [0.4, 0.5) is 0 Å². The van der Waals surface area contributed by atoms with E-state index in [1.807, 2.05) is 67.6 Å². The van der Waals surface area contributed by atoms with E-state index >= 15 is 0 Å². The average Bonchev–Trinajstić information content (AvgIpc) is 3.06. The van der Waals surface area contributed by atoms with E-state index in [1.54, 1.807) is 4.68 Å². The van der Waals surface area contributed by atoms with Crippen molar-refractivity contribution in [1.82, 2.24) is 14.8 Å². The zero-order valence-corrected chi connectivity index (χ0v) is 12.8. The van der Waals surface area contributed by atoms with Gasteiger partial charge in [0, 0.05) is 5.56 Å². The minimum absolute atomic E-state index is 0.0705. The molecule has 0 saturated heterocycles. The van der Waals surface area contributed by atoms with Crippen LogP contribution in [0, 0.1) is 0 Å². The van der Waals surface area contributed by atoms with E-state index in [4.69, 9.17) is 4.74 Å². The Morgan fingerprint density at radius 1 is 1.04 bits per heavy atom. The van der Waals surface area contributed by atoms with Gasteiger partial charge in [-0.25, -0.2) is 14.5 Å². The van der Waals surface area contributed by atoms with E-state index in [0.29, 0.717) is 12.4 Å². The molecule has 0 unspecified atom stereocenters. The number of aromatic nitrogens is 3. The van der Waals surface area contributed by atoms with Crippen molar-refractivity contribution in [2.45, 2.75) is 13.3 Å². The Morgan fingerprint density at radius 2 is 1.70 bits per heavy atom. The van der Waals surface area contributed by atoms with E-state index in [1.165, 1.54) is 0 Å². The number of hydrogen-bond donors (Lipinski definition) is 0. The van der Waals surface area contributed by atoms with Crippen LogP contribution in [0.1, 0.15) is 24.0 Å². The highest BCUT2D eigenvalue weighted by molar-refractivity contribution is 5.86. The fourth-order valence-electron chi connectivity index (χ4n) is 2.18. The molecule has 5 heteroatoms. The first-order valence-corrected chi connectivity index (χ1v) is 7.54. The van der Waals surface area contributed by atoms with E-state index in [0.717, 1.165) is 17.7 Å². The van der Waals surface area contributed by atoms with Gasteiger partial charge in [0.25, 0.3) is 5.82 Å². The first kappa shape index (κ1) is 15.0. The third-order valence-electron chi connectivity index (χ3n) is 3.26. The topological polar surface area (TPSA) is 57.0 Å². The quantitative estimate of drug-likeness (QED) is 0.677. The van der Waals surface area contributed by atoms with Gasteiger partial charge in [0.1, 0.15) is 0 Å². The highest BCUT2D eigenvalue weighted by Crippen LogP contribution is 2.21. The number of benzene rings is 2. The smallest absolute Gasteiger partial charge is 0.378 e. The molecule has 0 atom stereocenters. The number of nitrogens with zero attached hydrogens (tertiary/aromatic N) is 3. The Hall–Kier alpha value is -2.95. The molecule has 0 bridgehead atoms. The summed E-state index contributed by atoms with van der Waals surface area (Å²) in [7, 11) is 0. The average molecular weight is 307 g/mol. The number of carbonyl (C=O) groups excluding carboxylic acids is 1. The van der Waals surface area contributed by atoms with Crippen LogP contribution >= 0.6 is 0 Å². The third-order valence-corrected chi connectivity index (χ3v) is 3.26. The third kappa shape index (κ3) is 3.29. The van der Waals surface area contributed by atoms with Crippen LogP contribution in [0.3, 0.4) is 0 Å². The van der Waals surface area contributed by atoms with Crippen molar-refractivity contribution in [1.29, 1.82) is 0 Å². The Bertz CT molecular complexity index is 726. The maximum Gasteiger partial charge on any atom is 0.378 e. The molecule has 0 spiro atoms. The number of esters is 1. The number of para-hydroxylation sites is 1. The minimum Gasteiger partial charge on any atom is -0.460 e. The highest BCUT2D eigenvalue weighted by Gasteiger charge is 2.19. The van der Waals surface area contributed by atoms with Crippen molar-refractivity contribution in [3.63, 3.8) is 0 Å². The Balaban J connectivity index is 2.06. The second-order valence-electron chi connectivity index (χ2n) is 5.01. The van der Waals surface area contributed by atoms with Crippen molar-refractivity contribution < 1.29 is 9.53 Å². The second-order valence-corrected chi connectivity index (χ2v) is 5.01. The molecule has 0 aliphatic rings. The maximum absolute atomic E-state index is 12.1. The molecule has 2 aromatic carbocycles. The molecule has 0 fully saturated rings. The minimum atomic E-state index is -0.501. The molecule has 0 N–H and O–H groups in total. The van der Waals surface area contributed by atoms with E-state index in [2.05, 4.69) is 10.1 Å². The molecule has 0 amide bonds. The first-order valence-electron chi connectivity index (χ1n) is 7.54. The molecule has 23 heavy (non-hydrogen) atoms. The molecule has 0 saturated carbocycles. The van der Waals surface area contributed by atoms with E-state index < -0.39 is 5.97 Å². The van der Waals surface area contributed by atoms with Crippen molar-refractivity contribution in [3.8, 4) is 17.1 Å².